The number of carbonyl (C=O) groups excluding carboxylic acids is 1. The molecule has 0 spiro atoms. The molecule has 114 valence electrons. The fraction of sp³-hybridized carbons (Fsp3) is 0.438. The van der Waals surface area contributed by atoms with E-state index in [1.807, 2.05) is 24.3 Å². The summed E-state index contributed by atoms with van der Waals surface area (Å²) >= 11 is 1.49. The molecule has 0 bridgehead atoms. The largest absolute Gasteiger partial charge is 0.399 e. The van der Waals surface area contributed by atoms with Crippen LogP contribution in [0.4, 0.5) is 5.69 Å². The number of nitrogen functional groups attached to an aromatic ring is 1. The van der Waals surface area contributed by atoms with Gasteiger partial charge in [-0.25, -0.2) is 0 Å². The summed E-state index contributed by atoms with van der Waals surface area (Å²) in [7, 11) is 0. The first kappa shape index (κ1) is 15.8. The lowest BCUT2D eigenvalue weighted by Crippen LogP contribution is -2.24. The van der Waals surface area contributed by atoms with Gasteiger partial charge in [0.15, 0.2) is 0 Å². The Morgan fingerprint density at radius 2 is 2.10 bits per heavy atom. The van der Waals surface area contributed by atoms with Crippen LogP contribution in [0.25, 0.3) is 10.1 Å². The number of carbonyl (C=O) groups is 1. The minimum Gasteiger partial charge on any atom is -0.399 e. The van der Waals surface area contributed by atoms with E-state index in [0.717, 1.165) is 46.5 Å². The summed E-state index contributed by atoms with van der Waals surface area (Å²) in [5.41, 5.74) is 6.47. The second-order valence-corrected chi connectivity index (χ2v) is 6.07. The number of hydrogen-bond acceptors (Lipinski definition) is 4. The lowest BCUT2D eigenvalue weighted by atomic mass is 10.2. The minimum absolute atomic E-state index is 0.0247. The van der Waals surface area contributed by atoms with Gasteiger partial charge in [-0.1, -0.05) is 13.3 Å². The number of nitrogens with two attached hydrogens (primary N) is 1. The Morgan fingerprint density at radius 3 is 2.90 bits per heavy atom. The predicted octanol–water partition coefficient (Wildman–Crippen LogP) is 3.42. The SMILES string of the molecule is CCCCOCCCNC(=O)c1cc2cc(N)ccc2s1. The number of thiophene rings is 1. The summed E-state index contributed by atoms with van der Waals surface area (Å²) in [4.78, 5) is 12.8. The molecular weight excluding hydrogens is 284 g/mol. The summed E-state index contributed by atoms with van der Waals surface area (Å²) in [5, 5.41) is 3.95. The maximum Gasteiger partial charge on any atom is 0.261 e. The normalized spacial score (nSPS) is 10.9. The Kier molecular flexibility index (Phi) is 6.02. The van der Waals surface area contributed by atoms with E-state index >= 15 is 0 Å². The lowest BCUT2D eigenvalue weighted by Gasteiger charge is -2.04. The molecule has 5 heteroatoms. The van der Waals surface area contributed by atoms with E-state index in [2.05, 4.69) is 12.2 Å². The van der Waals surface area contributed by atoms with E-state index in [1.165, 1.54) is 11.3 Å². The molecule has 0 aliphatic carbocycles. The van der Waals surface area contributed by atoms with Crippen molar-refractivity contribution in [2.45, 2.75) is 26.2 Å². The summed E-state index contributed by atoms with van der Waals surface area (Å²) in [5.74, 6) is -0.0247. The first-order valence-corrected chi connectivity index (χ1v) is 8.17. The van der Waals surface area contributed by atoms with Crippen LogP contribution in [0.1, 0.15) is 35.9 Å². The van der Waals surface area contributed by atoms with Crippen LogP contribution in [-0.2, 0) is 4.74 Å². The molecule has 2 rings (SSSR count). The van der Waals surface area contributed by atoms with Crippen LogP contribution < -0.4 is 11.1 Å². The van der Waals surface area contributed by atoms with Crippen molar-refractivity contribution >= 4 is 33.0 Å². The second kappa shape index (κ2) is 8.00. The number of unbranched alkanes of at least 4 members (excludes halogenated alkanes) is 1. The van der Waals surface area contributed by atoms with Gasteiger partial charge in [-0.2, -0.15) is 0 Å². The van der Waals surface area contributed by atoms with Crippen molar-refractivity contribution in [2.75, 3.05) is 25.5 Å². The van der Waals surface area contributed by atoms with Crippen LogP contribution in [0.2, 0.25) is 0 Å². The molecule has 2 aromatic rings. The number of nitrogens with one attached hydrogen (secondary N) is 1. The van der Waals surface area contributed by atoms with Gasteiger partial charge in [0.2, 0.25) is 0 Å². The number of rotatable bonds is 8. The molecular formula is C16H22N2O2S. The molecule has 3 N–H and O–H groups in total. The number of fused-ring (bicyclic) bond motifs is 1. The molecule has 1 amide bonds. The highest BCUT2D eigenvalue weighted by molar-refractivity contribution is 7.20. The van der Waals surface area contributed by atoms with Crippen molar-refractivity contribution < 1.29 is 9.53 Å². The highest BCUT2D eigenvalue weighted by atomic mass is 32.1. The molecule has 4 nitrogen and oxygen atoms in total. The van der Waals surface area contributed by atoms with Crippen LogP contribution in [0.3, 0.4) is 0 Å². The molecule has 0 saturated carbocycles. The van der Waals surface area contributed by atoms with Crippen LogP contribution in [-0.4, -0.2) is 25.7 Å². The van der Waals surface area contributed by atoms with E-state index in [9.17, 15) is 4.79 Å². The standard InChI is InChI=1S/C16H22N2O2S/c1-2-3-8-20-9-4-7-18-16(19)15-11-12-10-13(17)5-6-14(12)21-15/h5-6,10-11H,2-4,7-9,17H2,1H3,(H,18,19). The molecule has 0 atom stereocenters. The lowest BCUT2D eigenvalue weighted by molar-refractivity contribution is 0.0944. The van der Waals surface area contributed by atoms with Gasteiger partial charge in [-0.05, 0) is 42.5 Å². The van der Waals surface area contributed by atoms with Crippen LogP contribution in [0.5, 0.6) is 0 Å². The Labute approximate surface area is 129 Å². The highest BCUT2D eigenvalue weighted by Gasteiger charge is 2.09. The van der Waals surface area contributed by atoms with Gasteiger partial charge in [-0.3, -0.25) is 4.79 Å². The Bertz CT molecular complexity index is 595. The summed E-state index contributed by atoms with van der Waals surface area (Å²) in [6.07, 6.45) is 3.08. The Balaban J connectivity index is 1.77. The van der Waals surface area contributed by atoms with Crippen molar-refractivity contribution in [3.63, 3.8) is 0 Å². The highest BCUT2D eigenvalue weighted by Crippen LogP contribution is 2.27. The first-order valence-electron chi connectivity index (χ1n) is 7.35. The first-order chi connectivity index (χ1) is 10.2. The molecule has 1 heterocycles. The topological polar surface area (TPSA) is 64.3 Å². The summed E-state index contributed by atoms with van der Waals surface area (Å²) in [6.45, 7) is 4.29. The zero-order valence-corrected chi connectivity index (χ0v) is 13.2. The number of amides is 1. The van der Waals surface area contributed by atoms with Gasteiger partial charge in [0, 0.05) is 30.1 Å². The number of ether oxygens (including phenoxy) is 1. The Hall–Kier alpha value is -1.59. The summed E-state index contributed by atoms with van der Waals surface area (Å²) < 4.78 is 6.54. The van der Waals surface area contributed by atoms with Gasteiger partial charge in [0.1, 0.15) is 0 Å². The quantitative estimate of drug-likeness (QED) is 0.580. The van der Waals surface area contributed by atoms with Crippen molar-refractivity contribution in [3.05, 3.63) is 29.1 Å². The van der Waals surface area contributed by atoms with Crippen molar-refractivity contribution in [1.82, 2.24) is 5.32 Å². The second-order valence-electron chi connectivity index (χ2n) is 4.98. The number of benzene rings is 1. The maximum absolute atomic E-state index is 12.1. The number of anilines is 1. The molecule has 0 radical (unpaired) electrons. The van der Waals surface area contributed by atoms with Crippen LogP contribution in [0.15, 0.2) is 24.3 Å². The molecule has 0 aliphatic rings. The molecule has 21 heavy (non-hydrogen) atoms. The smallest absolute Gasteiger partial charge is 0.261 e. The average Bonchev–Trinajstić information content (AvgIpc) is 2.89. The van der Waals surface area contributed by atoms with E-state index in [4.69, 9.17) is 10.5 Å². The zero-order valence-electron chi connectivity index (χ0n) is 12.4. The molecule has 0 fully saturated rings. The van der Waals surface area contributed by atoms with E-state index in [-0.39, 0.29) is 5.91 Å². The third-order valence-corrected chi connectivity index (χ3v) is 4.27. The predicted molar refractivity (Wildman–Crippen MR) is 88.9 cm³/mol. The third kappa shape index (κ3) is 4.72. The van der Waals surface area contributed by atoms with Gasteiger partial charge >= 0.3 is 0 Å². The van der Waals surface area contributed by atoms with Gasteiger partial charge in [0.25, 0.3) is 5.91 Å². The monoisotopic (exact) mass is 306 g/mol. The third-order valence-electron chi connectivity index (χ3n) is 3.16. The minimum atomic E-state index is -0.0247. The van der Waals surface area contributed by atoms with E-state index in [0.29, 0.717) is 13.2 Å². The number of hydrogen-bond donors (Lipinski definition) is 2. The maximum atomic E-state index is 12.1. The molecule has 1 aromatic carbocycles. The van der Waals surface area contributed by atoms with Gasteiger partial charge in [-0.15, -0.1) is 11.3 Å². The van der Waals surface area contributed by atoms with Gasteiger partial charge in [0.05, 0.1) is 4.88 Å². The fourth-order valence-electron chi connectivity index (χ4n) is 1.99. The van der Waals surface area contributed by atoms with Crippen molar-refractivity contribution in [3.8, 4) is 0 Å². The molecule has 1 aromatic heterocycles. The Morgan fingerprint density at radius 1 is 1.29 bits per heavy atom. The zero-order chi connectivity index (χ0) is 15.1. The molecule has 0 saturated heterocycles. The van der Waals surface area contributed by atoms with Crippen LogP contribution >= 0.6 is 11.3 Å². The van der Waals surface area contributed by atoms with Crippen LogP contribution in [0, 0.1) is 0 Å². The van der Waals surface area contributed by atoms with E-state index < -0.39 is 0 Å². The summed E-state index contributed by atoms with van der Waals surface area (Å²) in [6, 6.07) is 7.59. The van der Waals surface area contributed by atoms with Crippen molar-refractivity contribution in [1.29, 1.82) is 0 Å². The molecule has 0 aliphatic heterocycles. The van der Waals surface area contributed by atoms with E-state index in [1.54, 1.807) is 0 Å². The van der Waals surface area contributed by atoms with Crippen molar-refractivity contribution in [2.24, 2.45) is 0 Å². The average molecular weight is 306 g/mol. The fourth-order valence-corrected chi connectivity index (χ4v) is 2.94. The molecule has 0 unspecified atom stereocenters. The van der Waals surface area contributed by atoms with Gasteiger partial charge < -0.3 is 15.8 Å².